The molecule has 0 aliphatic carbocycles. The fourth-order valence-electron chi connectivity index (χ4n) is 2.71. The van der Waals surface area contributed by atoms with E-state index in [0.717, 1.165) is 17.6 Å². The summed E-state index contributed by atoms with van der Waals surface area (Å²) < 4.78 is 13.3. The molecule has 0 fully saturated rings. The highest BCUT2D eigenvalue weighted by molar-refractivity contribution is 5.90. The van der Waals surface area contributed by atoms with Crippen molar-refractivity contribution in [1.82, 2.24) is 4.57 Å². The number of benzene rings is 2. The van der Waals surface area contributed by atoms with Crippen LogP contribution in [0.2, 0.25) is 0 Å². The third-order valence-electron chi connectivity index (χ3n) is 3.92. The summed E-state index contributed by atoms with van der Waals surface area (Å²) in [5, 5.41) is 1.18. The highest BCUT2D eigenvalue weighted by Gasteiger charge is 2.09. The molecular formula is C20H21NO2. The van der Waals surface area contributed by atoms with Crippen LogP contribution in [0.25, 0.3) is 16.7 Å². The largest absolute Gasteiger partial charge is 0.497 e. The maximum absolute atomic E-state index is 5.79. The minimum Gasteiger partial charge on any atom is -0.497 e. The predicted molar refractivity (Wildman–Crippen MR) is 94.1 cm³/mol. The number of methoxy groups -OCH3 is 1. The van der Waals surface area contributed by atoms with Gasteiger partial charge in [-0.15, -0.1) is 0 Å². The first-order chi connectivity index (χ1) is 11.3. The summed E-state index contributed by atoms with van der Waals surface area (Å²) >= 11 is 0. The summed E-state index contributed by atoms with van der Waals surface area (Å²) in [5.41, 5.74) is 3.36. The molecule has 3 heteroatoms. The molecule has 3 rings (SSSR count). The van der Waals surface area contributed by atoms with Crippen LogP contribution < -0.4 is 0 Å². The molecule has 3 aromatic rings. The highest BCUT2D eigenvalue weighted by Crippen LogP contribution is 2.25. The SMILES string of the molecule is C=C(OC)c1cccc2ccn(CCOCc3ccccc3)c12. The third-order valence-corrected chi connectivity index (χ3v) is 3.92. The van der Waals surface area contributed by atoms with Gasteiger partial charge < -0.3 is 14.0 Å². The van der Waals surface area contributed by atoms with E-state index in [4.69, 9.17) is 9.47 Å². The Bertz CT molecular complexity index is 790. The van der Waals surface area contributed by atoms with E-state index in [1.54, 1.807) is 7.11 Å². The van der Waals surface area contributed by atoms with Crippen molar-refractivity contribution in [3.05, 3.63) is 78.5 Å². The summed E-state index contributed by atoms with van der Waals surface area (Å²) in [7, 11) is 1.65. The number of nitrogens with zero attached hydrogens (tertiary/aromatic N) is 1. The van der Waals surface area contributed by atoms with Crippen LogP contribution in [0, 0.1) is 0 Å². The van der Waals surface area contributed by atoms with Crippen LogP contribution in [0.1, 0.15) is 11.1 Å². The Balaban J connectivity index is 1.69. The molecule has 1 heterocycles. The summed E-state index contributed by atoms with van der Waals surface area (Å²) in [5.74, 6) is 0.681. The van der Waals surface area contributed by atoms with Gasteiger partial charge in [-0.1, -0.05) is 49.0 Å². The van der Waals surface area contributed by atoms with Crippen molar-refractivity contribution >= 4 is 16.7 Å². The van der Waals surface area contributed by atoms with Crippen LogP contribution in [-0.2, 0) is 22.6 Å². The molecule has 0 aliphatic heterocycles. The molecule has 1 aromatic heterocycles. The van der Waals surface area contributed by atoms with Crippen LogP contribution in [0.5, 0.6) is 0 Å². The van der Waals surface area contributed by atoms with Gasteiger partial charge in [0.05, 0.1) is 25.8 Å². The molecule has 23 heavy (non-hydrogen) atoms. The van der Waals surface area contributed by atoms with E-state index in [9.17, 15) is 0 Å². The summed E-state index contributed by atoms with van der Waals surface area (Å²) in [6.07, 6.45) is 2.09. The molecule has 0 unspecified atom stereocenters. The van der Waals surface area contributed by atoms with E-state index in [0.29, 0.717) is 19.0 Å². The zero-order valence-electron chi connectivity index (χ0n) is 13.4. The Hall–Kier alpha value is -2.52. The maximum atomic E-state index is 5.79. The second kappa shape index (κ2) is 7.16. The third kappa shape index (κ3) is 3.46. The van der Waals surface area contributed by atoms with Gasteiger partial charge in [-0.3, -0.25) is 0 Å². The predicted octanol–water partition coefficient (Wildman–Crippen LogP) is 4.48. The smallest absolute Gasteiger partial charge is 0.121 e. The Morgan fingerprint density at radius 3 is 2.65 bits per heavy atom. The van der Waals surface area contributed by atoms with Gasteiger partial charge in [0.25, 0.3) is 0 Å². The molecule has 118 valence electrons. The number of fused-ring (bicyclic) bond motifs is 1. The number of aromatic nitrogens is 1. The highest BCUT2D eigenvalue weighted by atomic mass is 16.5. The van der Waals surface area contributed by atoms with Gasteiger partial charge in [-0.05, 0) is 17.7 Å². The second-order valence-electron chi connectivity index (χ2n) is 5.42. The zero-order chi connectivity index (χ0) is 16.1. The molecule has 2 aromatic carbocycles. The van der Waals surface area contributed by atoms with Crippen molar-refractivity contribution < 1.29 is 9.47 Å². The zero-order valence-corrected chi connectivity index (χ0v) is 13.4. The second-order valence-corrected chi connectivity index (χ2v) is 5.42. The van der Waals surface area contributed by atoms with Gasteiger partial charge in [0.15, 0.2) is 0 Å². The first-order valence-electron chi connectivity index (χ1n) is 7.72. The summed E-state index contributed by atoms with van der Waals surface area (Å²) in [6.45, 7) is 6.08. The van der Waals surface area contributed by atoms with Gasteiger partial charge in [0.2, 0.25) is 0 Å². The van der Waals surface area contributed by atoms with Crippen molar-refractivity contribution in [3.8, 4) is 0 Å². The monoisotopic (exact) mass is 307 g/mol. The average Bonchev–Trinajstić information content (AvgIpc) is 3.02. The molecule has 0 radical (unpaired) electrons. The molecule has 0 aliphatic rings. The fraction of sp³-hybridized carbons (Fsp3) is 0.200. The lowest BCUT2D eigenvalue weighted by Crippen LogP contribution is -2.06. The number of ether oxygens (including phenoxy) is 2. The Morgan fingerprint density at radius 1 is 1.04 bits per heavy atom. The molecule has 0 amide bonds. The van der Waals surface area contributed by atoms with E-state index in [1.807, 2.05) is 30.3 Å². The maximum Gasteiger partial charge on any atom is 0.121 e. The quantitative estimate of drug-likeness (QED) is 0.475. The van der Waals surface area contributed by atoms with Crippen molar-refractivity contribution in [2.45, 2.75) is 13.2 Å². The van der Waals surface area contributed by atoms with Crippen molar-refractivity contribution in [1.29, 1.82) is 0 Å². The van der Waals surface area contributed by atoms with Crippen LogP contribution in [0.15, 0.2) is 67.4 Å². The van der Waals surface area contributed by atoms with Crippen LogP contribution in [0.4, 0.5) is 0 Å². The summed E-state index contributed by atoms with van der Waals surface area (Å²) in [4.78, 5) is 0. The molecule has 0 saturated heterocycles. The Labute approximate surface area is 136 Å². The van der Waals surface area contributed by atoms with E-state index in [1.165, 1.54) is 10.9 Å². The topological polar surface area (TPSA) is 23.4 Å². The van der Waals surface area contributed by atoms with Crippen molar-refractivity contribution in [3.63, 3.8) is 0 Å². The lowest BCUT2D eigenvalue weighted by molar-refractivity contribution is 0.114. The lowest BCUT2D eigenvalue weighted by Gasteiger charge is -2.11. The molecule has 0 saturated carbocycles. The molecule has 0 N–H and O–H groups in total. The normalized spacial score (nSPS) is 10.8. The van der Waals surface area contributed by atoms with Gasteiger partial charge in [-0.2, -0.15) is 0 Å². The Kier molecular flexibility index (Phi) is 4.79. The first kappa shape index (κ1) is 15.4. The number of hydrogen-bond acceptors (Lipinski definition) is 2. The number of rotatable bonds is 7. The molecule has 0 atom stereocenters. The Morgan fingerprint density at radius 2 is 1.87 bits per heavy atom. The molecule has 0 spiro atoms. The van der Waals surface area contributed by atoms with Gasteiger partial charge in [-0.25, -0.2) is 0 Å². The van der Waals surface area contributed by atoms with Crippen LogP contribution >= 0.6 is 0 Å². The number of hydrogen-bond donors (Lipinski definition) is 0. The molecular weight excluding hydrogens is 286 g/mol. The van der Waals surface area contributed by atoms with E-state index in [-0.39, 0.29) is 0 Å². The lowest BCUT2D eigenvalue weighted by atomic mass is 10.1. The van der Waals surface area contributed by atoms with Crippen LogP contribution in [-0.4, -0.2) is 18.3 Å². The minimum atomic E-state index is 0.637. The van der Waals surface area contributed by atoms with Crippen molar-refractivity contribution in [2.24, 2.45) is 0 Å². The van der Waals surface area contributed by atoms with Gasteiger partial charge >= 0.3 is 0 Å². The van der Waals surface area contributed by atoms with E-state index >= 15 is 0 Å². The number of para-hydroxylation sites is 1. The minimum absolute atomic E-state index is 0.637. The standard InChI is InChI=1S/C20H21NO2/c1-16(22-2)19-10-6-9-18-11-12-21(20(18)19)13-14-23-15-17-7-4-3-5-8-17/h3-12H,1,13-15H2,2H3. The fourth-order valence-corrected chi connectivity index (χ4v) is 2.71. The first-order valence-corrected chi connectivity index (χ1v) is 7.72. The van der Waals surface area contributed by atoms with Gasteiger partial charge in [0.1, 0.15) is 5.76 Å². The van der Waals surface area contributed by atoms with E-state index < -0.39 is 0 Å². The average molecular weight is 307 g/mol. The van der Waals surface area contributed by atoms with Crippen molar-refractivity contribution in [2.75, 3.05) is 13.7 Å². The van der Waals surface area contributed by atoms with Gasteiger partial charge in [0, 0.05) is 23.7 Å². The molecule has 0 bridgehead atoms. The van der Waals surface area contributed by atoms with E-state index in [2.05, 4.69) is 41.6 Å². The van der Waals surface area contributed by atoms with Crippen LogP contribution in [0.3, 0.4) is 0 Å². The molecule has 3 nitrogen and oxygen atoms in total. The summed E-state index contributed by atoms with van der Waals surface area (Å²) in [6, 6.07) is 18.5.